The molecule has 0 spiro atoms. The van der Waals surface area contributed by atoms with Crippen molar-refractivity contribution in [2.75, 3.05) is 20.1 Å². The molecule has 1 aliphatic carbocycles. The van der Waals surface area contributed by atoms with Crippen LogP contribution >= 0.6 is 0 Å². The SMILES string of the molecule is CN1CCC(C(=O)O)C(C2CCC2)C1. The van der Waals surface area contributed by atoms with E-state index >= 15 is 0 Å². The molecule has 1 N–H and O–H groups in total. The van der Waals surface area contributed by atoms with Crippen molar-refractivity contribution in [1.29, 1.82) is 0 Å². The Kier molecular flexibility index (Phi) is 2.77. The van der Waals surface area contributed by atoms with Gasteiger partial charge in [-0.2, -0.15) is 0 Å². The topological polar surface area (TPSA) is 40.5 Å². The minimum absolute atomic E-state index is 0.0727. The summed E-state index contributed by atoms with van der Waals surface area (Å²) in [6.07, 6.45) is 4.65. The Labute approximate surface area is 85.1 Å². The zero-order valence-electron chi connectivity index (χ0n) is 8.78. The highest BCUT2D eigenvalue weighted by Gasteiger charge is 2.39. The predicted molar refractivity (Wildman–Crippen MR) is 54.1 cm³/mol. The van der Waals surface area contributed by atoms with Crippen molar-refractivity contribution in [3.05, 3.63) is 0 Å². The van der Waals surface area contributed by atoms with E-state index in [2.05, 4.69) is 11.9 Å². The van der Waals surface area contributed by atoms with Gasteiger partial charge in [0.25, 0.3) is 0 Å². The van der Waals surface area contributed by atoms with E-state index in [1.165, 1.54) is 19.3 Å². The van der Waals surface area contributed by atoms with Gasteiger partial charge in [0.05, 0.1) is 5.92 Å². The number of rotatable bonds is 2. The number of carboxylic acid groups (broad SMARTS) is 1. The summed E-state index contributed by atoms with van der Waals surface area (Å²) in [6, 6.07) is 0. The van der Waals surface area contributed by atoms with Gasteiger partial charge in [-0.15, -0.1) is 0 Å². The maximum Gasteiger partial charge on any atom is 0.306 e. The first-order chi connectivity index (χ1) is 6.68. The van der Waals surface area contributed by atoms with E-state index in [0.717, 1.165) is 19.5 Å². The van der Waals surface area contributed by atoms with Gasteiger partial charge >= 0.3 is 5.97 Å². The van der Waals surface area contributed by atoms with E-state index in [1.54, 1.807) is 0 Å². The molecular weight excluding hydrogens is 178 g/mol. The number of carbonyl (C=O) groups is 1. The van der Waals surface area contributed by atoms with Gasteiger partial charge in [0.1, 0.15) is 0 Å². The van der Waals surface area contributed by atoms with Gasteiger partial charge in [-0.25, -0.2) is 0 Å². The average Bonchev–Trinajstić information content (AvgIpc) is 2.00. The van der Waals surface area contributed by atoms with Crippen molar-refractivity contribution in [2.24, 2.45) is 17.8 Å². The lowest BCUT2D eigenvalue weighted by atomic mass is 9.68. The summed E-state index contributed by atoms with van der Waals surface area (Å²) in [4.78, 5) is 13.4. The van der Waals surface area contributed by atoms with Gasteiger partial charge in [0.15, 0.2) is 0 Å². The molecule has 1 saturated carbocycles. The number of nitrogens with zero attached hydrogens (tertiary/aromatic N) is 1. The second kappa shape index (κ2) is 3.89. The Hall–Kier alpha value is -0.570. The molecule has 2 atom stereocenters. The van der Waals surface area contributed by atoms with Gasteiger partial charge < -0.3 is 10.0 Å². The van der Waals surface area contributed by atoms with Gasteiger partial charge in [0, 0.05) is 6.54 Å². The summed E-state index contributed by atoms with van der Waals surface area (Å²) < 4.78 is 0. The standard InChI is InChI=1S/C11H19NO2/c1-12-6-5-9(11(13)14)10(7-12)8-3-2-4-8/h8-10H,2-7H2,1H3,(H,13,14). The number of carboxylic acids is 1. The molecule has 0 aromatic heterocycles. The van der Waals surface area contributed by atoms with Gasteiger partial charge in [-0.1, -0.05) is 19.3 Å². The number of piperidine rings is 1. The first-order valence-corrected chi connectivity index (χ1v) is 5.60. The summed E-state index contributed by atoms with van der Waals surface area (Å²) in [5.74, 6) is 0.463. The second-order valence-electron chi connectivity index (χ2n) is 4.85. The maximum atomic E-state index is 11.1. The van der Waals surface area contributed by atoms with Crippen molar-refractivity contribution in [3.8, 4) is 0 Å². The monoisotopic (exact) mass is 197 g/mol. The van der Waals surface area contributed by atoms with Crippen LogP contribution in [0, 0.1) is 17.8 Å². The van der Waals surface area contributed by atoms with E-state index in [-0.39, 0.29) is 5.92 Å². The van der Waals surface area contributed by atoms with Crippen LogP contribution in [0.15, 0.2) is 0 Å². The Balaban J connectivity index is 2.02. The lowest BCUT2D eigenvalue weighted by Crippen LogP contribution is -2.46. The van der Waals surface area contributed by atoms with Crippen molar-refractivity contribution in [1.82, 2.24) is 4.90 Å². The molecule has 0 amide bonds. The molecule has 2 aliphatic rings. The van der Waals surface area contributed by atoms with Crippen LogP contribution in [-0.2, 0) is 4.79 Å². The number of hydrogen-bond acceptors (Lipinski definition) is 2. The fourth-order valence-corrected chi connectivity index (χ4v) is 2.80. The number of aliphatic carboxylic acids is 1. The Bertz CT molecular complexity index is 225. The van der Waals surface area contributed by atoms with Crippen molar-refractivity contribution in [2.45, 2.75) is 25.7 Å². The third-order valence-corrected chi connectivity index (χ3v) is 3.93. The maximum absolute atomic E-state index is 11.1. The largest absolute Gasteiger partial charge is 0.481 e. The highest BCUT2D eigenvalue weighted by molar-refractivity contribution is 5.70. The van der Waals surface area contributed by atoms with Crippen LogP contribution < -0.4 is 0 Å². The highest BCUT2D eigenvalue weighted by atomic mass is 16.4. The molecule has 3 heteroatoms. The summed E-state index contributed by atoms with van der Waals surface area (Å²) in [5, 5.41) is 9.14. The fraction of sp³-hybridized carbons (Fsp3) is 0.909. The van der Waals surface area contributed by atoms with Crippen molar-refractivity contribution < 1.29 is 9.90 Å². The van der Waals surface area contributed by atoms with Crippen LogP contribution in [0.2, 0.25) is 0 Å². The van der Waals surface area contributed by atoms with E-state index in [1.807, 2.05) is 0 Å². The molecule has 0 aromatic carbocycles. The molecule has 2 rings (SSSR count). The smallest absolute Gasteiger partial charge is 0.306 e. The molecular formula is C11H19NO2. The zero-order valence-corrected chi connectivity index (χ0v) is 8.78. The Morgan fingerprint density at radius 2 is 2.07 bits per heavy atom. The molecule has 0 radical (unpaired) electrons. The predicted octanol–water partition coefficient (Wildman–Crippen LogP) is 1.44. The highest BCUT2D eigenvalue weighted by Crippen LogP contribution is 2.40. The van der Waals surface area contributed by atoms with Gasteiger partial charge in [-0.05, 0) is 31.8 Å². The first-order valence-electron chi connectivity index (χ1n) is 5.60. The number of likely N-dealkylation sites (tertiary alicyclic amines) is 1. The number of hydrogen-bond donors (Lipinski definition) is 1. The molecule has 2 fully saturated rings. The van der Waals surface area contributed by atoms with Crippen molar-refractivity contribution >= 4 is 5.97 Å². The van der Waals surface area contributed by atoms with Gasteiger partial charge in [-0.3, -0.25) is 4.79 Å². The molecule has 1 aliphatic heterocycles. The zero-order chi connectivity index (χ0) is 10.1. The second-order valence-corrected chi connectivity index (χ2v) is 4.85. The minimum atomic E-state index is -0.574. The fourth-order valence-electron chi connectivity index (χ4n) is 2.80. The van der Waals surface area contributed by atoms with E-state index in [0.29, 0.717) is 11.8 Å². The van der Waals surface area contributed by atoms with Crippen LogP contribution in [0.4, 0.5) is 0 Å². The van der Waals surface area contributed by atoms with E-state index in [9.17, 15) is 4.79 Å². The summed E-state index contributed by atoms with van der Waals surface area (Å²) >= 11 is 0. The van der Waals surface area contributed by atoms with E-state index < -0.39 is 5.97 Å². The third-order valence-electron chi connectivity index (χ3n) is 3.93. The van der Waals surface area contributed by atoms with E-state index in [4.69, 9.17) is 5.11 Å². The molecule has 1 saturated heterocycles. The molecule has 0 aromatic rings. The van der Waals surface area contributed by atoms with Crippen molar-refractivity contribution in [3.63, 3.8) is 0 Å². The minimum Gasteiger partial charge on any atom is -0.481 e. The summed E-state index contributed by atoms with van der Waals surface area (Å²) in [6.45, 7) is 1.93. The van der Waals surface area contributed by atoms with Crippen LogP contribution in [0.3, 0.4) is 0 Å². The normalized spacial score (nSPS) is 35.2. The molecule has 0 bridgehead atoms. The van der Waals surface area contributed by atoms with Crippen LogP contribution in [0.1, 0.15) is 25.7 Å². The lowest BCUT2D eigenvalue weighted by Gasteiger charge is -2.42. The quantitative estimate of drug-likeness (QED) is 0.728. The van der Waals surface area contributed by atoms with Crippen LogP contribution in [0.25, 0.3) is 0 Å². The summed E-state index contributed by atoms with van der Waals surface area (Å²) in [7, 11) is 2.10. The molecule has 1 heterocycles. The molecule has 14 heavy (non-hydrogen) atoms. The first kappa shape index (κ1) is 9.97. The third kappa shape index (κ3) is 1.78. The molecule has 80 valence electrons. The van der Waals surface area contributed by atoms with Gasteiger partial charge in [0.2, 0.25) is 0 Å². The van der Waals surface area contributed by atoms with Crippen LogP contribution in [0.5, 0.6) is 0 Å². The average molecular weight is 197 g/mol. The summed E-state index contributed by atoms with van der Waals surface area (Å²) in [5.41, 5.74) is 0. The molecule has 3 nitrogen and oxygen atoms in total. The Morgan fingerprint density at radius 3 is 2.57 bits per heavy atom. The van der Waals surface area contributed by atoms with Crippen LogP contribution in [-0.4, -0.2) is 36.1 Å². The Morgan fingerprint density at radius 1 is 1.36 bits per heavy atom. The molecule has 2 unspecified atom stereocenters. The lowest BCUT2D eigenvalue weighted by molar-refractivity contribution is -0.147.